The Balaban J connectivity index is 2.07. The number of amides is 1. The van der Waals surface area contributed by atoms with Gasteiger partial charge in [-0.1, -0.05) is 12.1 Å². The van der Waals surface area contributed by atoms with Crippen molar-refractivity contribution < 1.29 is 17.9 Å². The molecule has 0 aliphatic carbocycles. The van der Waals surface area contributed by atoms with Crippen LogP contribution in [0.4, 0.5) is 5.69 Å². The molecule has 0 unspecified atom stereocenters. The van der Waals surface area contributed by atoms with Gasteiger partial charge in [-0.15, -0.1) is 0 Å². The van der Waals surface area contributed by atoms with Crippen LogP contribution in [0.3, 0.4) is 0 Å². The van der Waals surface area contributed by atoms with Gasteiger partial charge < -0.3 is 9.64 Å². The van der Waals surface area contributed by atoms with Crippen LogP contribution in [0.1, 0.15) is 25.0 Å². The van der Waals surface area contributed by atoms with E-state index in [4.69, 9.17) is 4.74 Å². The Morgan fingerprint density at radius 2 is 1.78 bits per heavy atom. The van der Waals surface area contributed by atoms with Gasteiger partial charge in [-0.2, -0.15) is 0 Å². The highest BCUT2D eigenvalue weighted by molar-refractivity contribution is 7.89. The summed E-state index contributed by atoms with van der Waals surface area (Å²) in [5.41, 5.74) is 2.80. The van der Waals surface area contributed by atoms with Gasteiger partial charge in [0.05, 0.1) is 11.5 Å². The predicted molar refractivity (Wildman–Crippen MR) is 107 cm³/mol. The standard InChI is InChI=1S/C20H26N2O4S/c1-5-26-18-8-10-19(11-9-18)27(24,25)21-12-13-22(17(4)23)20-14-15(2)6-7-16(20)3/h6-11,14,21H,5,12-13H2,1-4H3. The molecule has 0 heterocycles. The summed E-state index contributed by atoms with van der Waals surface area (Å²) < 4.78 is 32.8. The van der Waals surface area contributed by atoms with Crippen LogP contribution in [0, 0.1) is 13.8 Å². The van der Waals surface area contributed by atoms with Gasteiger partial charge in [-0.3, -0.25) is 4.79 Å². The van der Waals surface area contributed by atoms with Crippen LogP contribution >= 0.6 is 0 Å². The van der Waals surface area contributed by atoms with Crippen LogP contribution in [0.2, 0.25) is 0 Å². The van der Waals surface area contributed by atoms with E-state index in [1.165, 1.54) is 19.1 Å². The number of benzene rings is 2. The smallest absolute Gasteiger partial charge is 0.240 e. The lowest BCUT2D eigenvalue weighted by Crippen LogP contribution is -2.38. The molecule has 0 fully saturated rings. The summed E-state index contributed by atoms with van der Waals surface area (Å²) in [6.45, 7) is 8.10. The third kappa shape index (κ3) is 5.55. The molecule has 146 valence electrons. The SMILES string of the molecule is CCOc1ccc(S(=O)(=O)NCCN(C(C)=O)c2cc(C)ccc2C)cc1. The third-order valence-electron chi connectivity index (χ3n) is 4.11. The van der Waals surface area contributed by atoms with Gasteiger partial charge in [0.2, 0.25) is 15.9 Å². The van der Waals surface area contributed by atoms with Crippen LogP contribution < -0.4 is 14.4 Å². The molecular formula is C20H26N2O4S. The molecule has 1 amide bonds. The lowest BCUT2D eigenvalue weighted by atomic mass is 10.1. The lowest BCUT2D eigenvalue weighted by Gasteiger charge is -2.23. The lowest BCUT2D eigenvalue weighted by molar-refractivity contribution is -0.116. The summed E-state index contributed by atoms with van der Waals surface area (Å²) in [6.07, 6.45) is 0. The summed E-state index contributed by atoms with van der Waals surface area (Å²) >= 11 is 0. The molecular weight excluding hydrogens is 364 g/mol. The fourth-order valence-electron chi connectivity index (χ4n) is 2.71. The van der Waals surface area contributed by atoms with E-state index >= 15 is 0 Å². The van der Waals surface area contributed by atoms with E-state index in [0.717, 1.165) is 16.8 Å². The number of rotatable bonds is 8. The van der Waals surface area contributed by atoms with Crippen molar-refractivity contribution in [3.8, 4) is 5.75 Å². The molecule has 1 N–H and O–H groups in total. The second-order valence-electron chi connectivity index (χ2n) is 6.26. The number of hydrogen-bond acceptors (Lipinski definition) is 4. The molecule has 0 aliphatic rings. The second-order valence-corrected chi connectivity index (χ2v) is 8.03. The average molecular weight is 391 g/mol. The van der Waals surface area contributed by atoms with Crippen LogP contribution in [-0.2, 0) is 14.8 Å². The number of nitrogens with zero attached hydrogens (tertiary/aromatic N) is 1. The number of hydrogen-bond donors (Lipinski definition) is 1. The summed E-state index contributed by atoms with van der Waals surface area (Å²) in [5, 5.41) is 0. The Hall–Kier alpha value is -2.38. The number of sulfonamides is 1. The zero-order chi connectivity index (χ0) is 20.0. The minimum Gasteiger partial charge on any atom is -0.494 e. The zero-order valence-corrected chi connectivity index (χ0v) is 17.0. The number of carbonyl (C=O) groups excluding carboxylic acids is 1. The van der Waals surface area contributed by atoms with Crippen molar-refractivity contribution >= 4 is 21.6 Å². The molecule has 27 heavy (non-hydrogen) atoms. The second kappa shape index (κ2) is 9.01. The van der Waals surface area contributed by atoms with Crippen LogP contribution in [0.15, 0.2) is 47.4 Å². The van der Waals surface area contributed by atoms with E-state index in [1.807, 2.05) is 39.0 Å². The molecule has 0 spiro atoms. The molecule has 2 aromatic rings. The van der Waals surface area contributed by atoms with Gasteiger partial charge in [-0.05, 0) is 62.2 Å². The highest BCUT2D eigenvalue weighted by Crippen LogP contribution is 2.21. The first-order chi connectivity index (χ1) is 12.7. The van der Waals surface area contributed by atoms with Crippen molar-refractivity contribution in [3.05, 3.63) is 53.6 Å². The van der Waals surface area contributed by atoms with Crippen molar-refractivity contribution in [1.82, 2.24) is 4.72 Å². The van der Waals surface area contributed by atoms with Crippen molar-refractivity contribution in [2.45, 2.75) is 32.6 Å². The van der Waals surface area contributed by atoms with Gasteiger partial charge in [0, 0.05) is 25.7 Å². The van der Waals surface area contributed by atoms with Crippen molar-refractivity contribution in [3.63, 3.8) is 0 Å². The van der Waals surface area contributed by atoms with Gasteiger partial charge in [0.25, 0.3) is 0 Å². The van der Waals surface area contributed by atoms with Crippen LogP contribution in [0.5, 0.6) is 5.75 Å². The molecule has 0 aromatic heterocycles. The molecule has 0 atom stereocenters. The van der Waals surface area contributed by atoms with E-state index in [2.05, 4.69) is 4.72 Å². The molecule has 2 rings (SSSR count). The Kier molecular flexibility index (Phi) is 6.98. The van der Waals surface area contributed by atoms with E-state index in [9.17, 15) is 13.2 Å². The first-order valence-corrected chi connectivity index (χ1v) is 10.3. The van der Waals surface area contributed by atoms with Gasteiger partial charge in [0.15, 0.2) is 0 Å². The quantitative estimate of drug-likeness (QED) is 0.752. The van der Waals surface area contributed by atoms with E-state index in [-0.39, 0.29) is 23.9 Å². The zero-order valence-electron chi connectivity index (χ0n) is 16.2. The molecule has 2 aromatic carbocycles. The average Bonchev–Trinajstić information content (AvgIpc) is 2.61. The van der Waals surface area contributed by atoms with E-state index < -0.39 is 10.0 Å². The Morgan fingerprint density at radius 3 is 2.37 bits per heavy atom. The molecule has 0 radical (unpaired) electrons. The maximum atomic E-state index is 12.5. The Morgan fingerprint density at radius 1 is 1.11 bits per heavy atom. The normalized spacial score (nSPS) is 11.3. The Labute approximate surface area is 161 Å². The fraction of sp³-hybridized carbons (Fsp3) is 0.350. The molecule has 7 heteroatoms. The van der Waals surface area contributed by atoms with Crippen LogP contribution in [0.25, 0.3) is 0 Å². The maximum Gasteiger partial charge on any atom is 0.240 e. The van der Waals surface area contributed by atoms with E-state index in [0.29, 0.717) is 12.4 Å². The molecule has 0 aliphatic heterocycles. The van der Waals surface area contributed by atoms with Crippen molar-refractivity contribution in [1.29, 1.82) is 0 Å². The number of nitrogens with one attached hydrogen (secondary N) is 1. The highest BCUT2D eigenvalue weighted by atomic mass is 32.2. The highest BCUT2D eigenvalue weighted by Gasteiger charge is 2.17. The van der Waals surface area contributed by atoms with Crippen molar-refractivity contribution in [2.75, 3.05) is 24.6 Å². The first-order valence-electron chi connectivity index (χ1n) is 8.82. The topological polar surface area (TPSA) is 75.7 Å². The summed E-state index contributed by atoms with van der Waals surface area (Å²) in [4.78, 5) is 13.8. The number of ether oxygens (including phenoxy) is 1. The molecule has 6 nitrogen and oxygen atoms in total. The minimum absolute atomic E-state index is 0.114. The predicted octanol–water partition coefficient (Wildman–Crippen LogP) is 3.03. The molecule has 0 saturated heterocycles. The molecule has 0 bridgehead atoms. The summed E-state index contributed by atoms with van der Waals surface area (Å²) in [6, 6.07) is 12.1. The number of aryl methyl sites for hydroxylation is 2. The third-order valence-corrected chi connectivity index (χ3v) is 5.59. The fourth-order valence-corrected chi connectivity index (χ4v) is 3.74. The summed E-state index contributed by atoms with van der Waals surface area (Å²) in [5.74, 6) is 0.484. The minimum atomic E-state index is -3.66. The van der Waals surface area contributed by atoms with Gasteiger partial charge >= 0.3 is 0 Å². The summed E-state index contributed by atoms with van der Waals surface area (Å²) in [7, 11) is -3.66. The van der Waals surface area contributed by atoms with Crippen molar-refractivity contribution in [2.24, 2.45) is 0 Å². The maximum absolute atomic E-state index is 12.5. The molecule has 0 saturated carbocycles. The monoisotopic (exact) mass is 390 g/mol. The largest absolute Gasteiger partial charge is 0.494 e. The van der Waals surface area contributed by atoms with Gasteiger partial charge in [-0.25, -0.2) is 13.1 Å². The number of anilines is 1. The first kappa shape index (κ1) is 20.9. The van der Waals surface area contributed by atoms with E-state index in [1.54, 1.807) is 17.0 Å². The van der Waals surface area contributed by atoms with Crippen LogP contribution in [-0.4, -0.2) is 34.0 Å². The number of carbonyl (C=O) groups is 1. The van der Waals surface area contributed by atoms with Gasteiger partial charge in [0.1, 0.15) is 5.75 Å². The Bertz CT molecular complexity index is 893.